The molecule has 3 N–H and O–H groups in total. The van der Waals surface area contributed by atoms with Crippen LogP contribution in [0.25, 0.3) is 0 Å². The van der Waals surface area contributed by atoms with Crippen LogP contribution in [0.1, 0.15) is 26.7 Å². The second kappa shape index (κ2) is 6.91. The van der Waals surface area contributed by atoms with Crippen molar-refractivity contribution in [1.82, 2.24) is 0 Å². The molecular weight excluding hydrogens is 266 g/mol. The van der Waals surface area contributed by atoms with Crippen LogP contribution >= 0.6 is 0 Å². The Hall–Kier alpha value is -1.59. The molecule has 116 valence electrons. The van der Waals surface area contributed by atoms with Crippen molar-refractivity contribution in [3.05, 3.63) is 24.3 Å². The lowest BCUT2D eigenvalue weighted by Crippen LogP contribution is -2.37. The van der Waals surface area contributed by atoms with Crippen LogP contribution in [0.3, 0.4) is 0 Å². The van der Waals surface area contributed by atoms with Gasteiger partial charge in [0.1, 0.15) is 0 Å². The van der Waals surface area contributed by atoms with Gasteiger partial charge in [-0.05, 0) is 32.4 Å². The average Bonchev–Trinajstić information content (AvgIpc) is 2.46. The summed E-state index contributed by atoms with van der Waals surface area (Å²) in [6.45, 7) is 7.02. The van der Waals surface area contributed by atoms with Crippen molar-refractivity contribution in [2.45, 2.75) is 32.2 Å². The van der Waals surface area contributed by atoms with Gasteiger partial charge >= 0.3 is 0 Å². The van der Waals surface area contributed by atoms with E-state index >= 15 is 0 Å². The number of hydrogen-bond acceptors (Lipinski definition) is 4. The number of amides is 1. The summed E-state index contributed by atoms with van der Waals surface area (Å²) in [4.78, 5) is 14.3. The zero-order valence-electron chi connectivity index (χ0n) is 12.9. The summed E-state index contributed by atoms with van der Waals surface area (Å²) in [6, 6.07) is 7.90. The molecule has 1 fully saturated rings. The van der Waals surface area contributed by atoms with Crippen molar-refractivity contribution in [3.8, 4) is 0 Å². The van der Waals surface area contributed by atoms with Crippen LogP contribution in [0.5, 0.6) is 0 Å². The molecule has 0 saturated carbocycles. The molecule has 1 aliphatic rings. The van der Waals surface area contributed by atoms with E-state index in [0.717, 1.165) is 37.7 Å². The molecule has 0 aliphatic carbocycles. The number of morpholine rings is 1. The maximum Gasteiger partial charge on any atom is 0.224 e. The van der Waals surface area contributed by atoms with E-state index in [1.165, 1.54) is 0 Å². The van der Waals surface area contributed by atoms with Gasteiger partial charge in [0.05, 0.1) is 24.6 Å². The van der Waals surface area contributed by atoms with E-state index in [1.807, 2.05) is 38.1 Å². The van der Waals surface area contributed by atoms with Gasteiger partial charge in [-0.15, -0.1) is 0 Å². The molecule has 1 aliphatic heterocycles. The Bertz CT molecular complexity index is 477. The number of benzene rings is 1. The van der Waals surface area contributed by atoms with E-state index in [4.69, 9.17) is 10.5 Å². The van der Waals surface area contributed by atoms with Gasteiger partial charge in [0.25, 0.3) is 0 Å². The molecule has 1 aromatic carbocycles. The number of ether oxygens (including phenoxy) is 1. The zero-order chi connectivity index (χ0) is 15.3. The molecule has 0 bridgehead atoms. The third kappa shape index (κ3) is 5.02. The number of hydrogen-bond donors (Lipinski definition) is 2. The first-order valence-electron chi connectivity index (χ1n) is 7.46. The Morgan fingerprint density at radius 3 is 2.67 bits per heavy atom. The molecule has 0 aromatic heterocycles. The maximum atomic E-state index is 12.1. The first kappa shape index (κ1) is 15.8. The van der Waals surface area contributed by atoms with Gasteiger partial charge < -0.3 is 20.7 Å². The van der Waals surface area contributed by atoms with Crippen molar-refractivity contribution >= 4 is 17.3 Å². The quantitative estimate of drug-likeness (QED) is 0.870. The Morgan fingerprint density at radius 1 is 1.33 bits per heavy atom. The molecule has 21 heavy (non-hydrogen) atoms. The molecule has 2 rings (SSSR count). The highest BCUT2D eigenvalue weighted by molar-refractivity contribution is 5.94. The molecule has 0 unspecified atom stereocenters. The van der Waals surface area contributed by atoms with Crippen LogP contribution < -0.4 is 16.0 Å². The van der Waals surface area contributed by atoms with E-state index in [1.54, 1.807) is 0 Å². The van der Waals surface area contributed by atoms with Crippen LogP contribution in [-0.2, 0) is 9.53 Å². The topological polar surface area (TPSA) is 67.6 Å². The van der Waals surface area contributed by atoms with Gasteiger partial charge in [0.2, 0.25) is 5.91 Å². The number of carbonyl (C=O) groups is 1. The summed E-state index contributed by atoms with van der Waals surface area (Å²) in [5, 5.41) is 3.00. The Morgan fingerprint density at radius 2 is 2.00 bits per heavy atom. The minimum absolute atomic E-state index is 0.00855. The van der Waals surface area contributed by atoms with Gasteiger partial charge in [-0.3, -0.25) is 4.79 Å². The van der Waals surface area contributed by atoms with E-state index in [9.17, 15) is 4.79 Å². The summed E-state index contributed by atoms with van der Waals surface area (Å²) in [5.74, 6) is 0.00855. The molecular formula is C16H25N3O2. The summed E-state index contributed by atoms with van der Waals surface area (Å²) >= 11 is 0. The molecule has 5 heteroatoms. The fourth-order valence-electron chi connectivity index (χ4n) is 2.31. The summed E-state index contributed by atoms with van der Waals surface area (Å²) < 4.78 is 5.38. The monoisotopic (exact) mass is 291 g/mol. The van der Waals surface area contributed by atoms with Gasteiger partial charge in [0, 0.05) is 25.0 Å². The predicted octanol–water partition coefficient (Wildman–Crippen LogP) is 1.98. The number of nitrogens with zero attached hydrogens (tertiary/aromatic N) is 1. The summed E-state index contributed by atoms with van der Waals surface area (Å²) in [5.41, 5.74) is 7.52. The molecule has 1 amide bonds. The van der Waals surface area contributed by atoms with Crippen LogP contribution in [0.2, 0.25) is 0 Å². The van der Waals surface area contributed by atoms with Gasteiger partial charge in [-0.25, -0.2) is 0 Å². The highest BCUT2D eigenvalue weighted by atomic mass is 16.5. The minimum atomic E-state index is -0.318. The molecule has 1 heterocycles. The van der Waals surface area contributed by atoms with Crippen LogP contribution in [0.4, 0.5) is 11.4 Å². The number of anilines is 2. The Kier molecular flexibility index (Phi) is 5.20. The number of carbonyl (C=O) groups excluding carboxylic acids is 1. The number of rotatable bonds is 5. The smallest absolute Gasteiger partial charge is 0.224 e. The molecule has 0 atom stereocenters. The fraction of sp³-hybridized carbons (Fsp3) is 0.562. The third-order valence-electron chi connectivity index (χ3n) is 3.53. The van der Waals surface area contributed by atoms with Gasteiger partial charge in [0.15, 0.2) is 0 Å². The van der Waals surface area contributed by atoms with Crippen molar-refractivity contribution in [1.29, 1.82) is 0 Å². The normalized spacial score (nSPS) is 15.9. The molecule has 5 nitrogen and oxygen atoms in total. The van der Waals surface area contributed by atoms with E-state index in [2.05, 4.69) is 10.2 Å². The minimum Gasteiger partial charge on any atom is -0.378 e. The Balaban J connectivity index is 2.01. The highest BCUT2D eigenvalue weighted by Crippen LogP contribution is 2.26. The SMILES string of the molecule is CC(C)(N)CCC(=O)Nc1ccccc1N1CCOCC1. The second-order valence-electron chi connectivity index (χ2n) is 6.15. The first-order valence-corrected chi connectivity index (χ1v) is 7.46. The van der Waals surface area contributed by atoms with Crippen LogP contribution in [0.15, 0.2) is 24.3 Å². The Labute approximate surface area is 126 Å². The lowest BCUT2D eigenvalue weighted by Gasteiger charge is -2.30. The lowest BCUT2D eigenvalue weighted by molar-refractivity contribution is -0.116. The third-order valence-corrected chi connectivity index (χ3v) is 3.53. The fourth-order valence-corrected chi connectivity index (χ4v) is 2.31. The van der Waals surface area contributed by atoms with Crippen molar-refractivity contribution in [2.24, 2.45) is 5.73 Å². The van der Waals surface area contributed by atoms with Gasteiger partial charge in [-0.1, -0.05) is 12.1 Å². The predicted molar refractivity (Wildman–Crippen MR) is 85.6 cm³/mol. The highest BCUT2D eigenvalue weighted by Gasteiger charge is 2.17. The van der Waals surface area contributed by atoms with Crippen LogP contribution in [-0.4, -0.2) is 37.7 Å². The number of nitrogens with one attached hydrogen (secondary N) is 1. The van der Waals surface area contributed by atoms with Crippen LogP contribution in [0, 0.1) is 0 Å². The number of para-hydroxylation sites is 2. The largest absolute Gasteiger partial charge is 0.378 e. The molecule has 1 saturated heterocycles. The summed E-state index contributed by atoms with van der Waals surface area (Å²) in [7, 11) is 0. The molecule has 0 spiro atoms. The van der Waals surface area contributed by atoms with Crippen molar-refractivity contribution < 1.29 is 9.53 Å². The second-order valence-corrected chi connectivity index (χ2v) is 6.15. The zero-order valence-corrected chi connectivity index (χ0v) is 12.9. The number of nitrogens with two attached hydrogens (primary N) is 1. The summed E-state index contributed by atoms with van der Waals surface area (Å²) in [6.07, 6.45) is 1.10. The van der Waals surface area contributed by atoms with E-state index in [-0.39, 0.29) is 11.4 Å². The van der Waals surface area contributed by atoms with Crippen molar-refractivity contribution in [2.75, 3.05) is 36.5 Å². The van der Waals surface area contributed by atoms with E-state index in [0.29, 0.717) is 12.8 Å². The lowest BCUT2D eigenvalue weighted by atomic mass is 10.00. The maximum absolute atomic E-state index is 12.1. The van der Waals surface area contributed by atoms with E-state index < -0.39 is 0 Å². The standard InChI is InChI=1S/C16H25N3O2/c1-16(2,17)8-7-15(20)18-13-5-3-4-6-14(13)19-9-11-21-12-10-19/h3-6H,7-12,17H2,1-2H3,(H,18,20). The average molecular weight is 291 g/mol. The van der Waals surface area contributed by atoms with Gasteiger partial charge in [-0.2, -0.15) is 0 Å². The first-order chi connectivity index (χ1) is 9.96. The van der Waals surface area contributed by atoms with Crippen molar-refractivity contribution in [3.63, 3.8) is 0 Å². The molecule has 1 aromatic rings. The molecule has 0 radical (unpaired) electrons.